The highest BCUT2D eigenvalue weighted by Gasteiger charge is 2.29. The molecule has 0 aromatic heterocycles. The van der Waals surface area contributed by atoms with Crippen molar-refractivity contribution in [2.45, 2.75) is 39.5 Å². The first kappa shape index (κ1) is 16.2. The molecular formula is C12H23N2O4P. The maximum Gasteiger partial charge on any atom is 0.238 e. The third-order valence-corrected chi connectivity index (χ3v) is 4.85. The van der Waals surface area contributed by atoms with Crippen LogP contribution in [0.3, 0.4) is 0 Å². The second-order valence-corrected chi connectivity index (χ2v) is 7.23. The van der Waals surface area contributed by atoms with Crippen LogP contribution in [0.4, 0.5) is 0 Å². The summed E-state index contributed by atoms with van der Waals surface area (Å²) in [7, 11) is -3.53. The summed E-state index contributed by atoms with van der Waals surface area (Å²) >= 11 is 0. The monoisotopic (exact) mass is 290 g/mol. The van der Waals surface area contributed by atoms with Gasteiger partial charge in [0.2, 0.25) is 19.2 Å². The Bertz CT molecular complexity index is 386. The molecule has 0 radical (unpaired) electrons. The molecule has 1 atom stereocenters. The Balaban J connectivity index is 2.64. The van der Waals surface area contributed by atoms with E-state index in [1.54, 1.807) is 6.92 Å². The van der Waals surface area contributed by atoms with Crippen LogP contribution in [0, 0.1) is 0 Å². The summed E-state index contributed by atoms with van der Waals surface area (Å²) in [5.41, 5.74) is 0. The molecule has 1 saturated heterocycles. The average molecular weight is 290 g/mol. The molecule has 0 aromatic carbocycles. The maximum absolute atomic E-state index is 12.2. The Morgan fingerprint density at radius 2 is 2.11 bits per heavy atom. The number of rotatable bonds is 5. The lowest BCUT2D eigenvalue weighted by molar-refractivity contribution is -0.129. The fourth-order valence-corrected chi connectivity index (χ4v) is 4.04. The normalized spacial score (nSPS) is 19.7. The Kier molecular flexibility index (Phi) is 6.01. The number of amides is 2. The van der Waals surface area contributed by atoms with Gasteiger partial charge in [-0.2, -0.15) is 0 Å². The molecule has 1 aliphatic rings. The SMILES string of the molecule is CCN(CP(=O)(O)CN1CCCCCC1=O)C(C)=O. The van der Waals surface area contributed by atoms with Crippen molar-refractivity contribution in [3.63, 3.8) is 0 Å². The van der Waals surface area contributed by atoms with Crippen molar-refractivity contribution in [1.82, 2.24) is 9.80 Å². The van der Waals surface area contributed by atoms with Gasteiger partial charge in [-0.15, -0.1) is 0 Å². The predicted octanol–water partition coefficient (Wildman–Crippen LogP) is 1.44. The molecule has 0 saturated carbocycles. The third kappa shape index (κ3) is 5.33. The van der Waals surface area contributed by atoms with Crippen molar-refractivity contribution < 1.29 is 19.0 Å². The number of hydrogen-bond donors (Lipinski definition) is 1. The van der Waals surface area contributed by atoms with Gasteiger partial charge in [0, 0.05) is 26.4 Å². The van der Waals surface area contributed by atoms with Crippen LogP contribution in [0.25, 0.3) is 0 Å². The summed E-state index contributed by atoms with van der Waals surface area (Å²) in [4.78, 5) is 35.9. The highest BCUT2D eigenvalue weighted by atomic mass is 31.2. The van der Waals surface area contributed by atoms with Crippen LogP contribution in [0.1, 0.15) is 39.5 Å². The van der Waals surface area contributed by atoms with Gasteiger partial charge in [0.1, 0.15) is 0 Å². The molecule has 0 aromatic rings. The van der Waals surface area contributed by atoms with E-state index in [2.05, 4.69) is 0 Å². The van der Waals surface area contributed by atoms with E-state index in [4.69, 9.17) is 0 Å². The van der Waals surface area contributed by atoms with Gasteiger partial charge in [0.05, 0.1) is 12.6 Å². The summed E-state index contributed by atoms with van der Waals surface area (Å²) < 4.78 is 12.2. The van der Waals surface area contributed by atoms with Crippen LogP contribution < -0.4 is 0 Å². The average Bonchev–Trinajstić information content (AvgIpc) is 2.51. The van der Waals surface area contributed by atoms with E-state index in [1.165, 1.54) is 16.7 Å². The molecule has 2 amide bonds. The molecule has 110 valence electrons. The molecule has 19 heavy (non-hydrogen) atoms. The fraction of sp³-hybridized carbons (Fsp3) is 0.833. The van der Waals surface area contributed by atoms with Crippen LogP contribution in [-0.2, 0) is 14.2 Å². The molecule has 1 unspecified atom stereocenters. The minimum atomic E-state index is -3.53. The summed E-state index contributed by atoms with van der Waals surface area (Å²) in [6, 6.07) is 0. The summed E-state index contributed by atoms with van der Waals surface area (Å²) in [5, 5.41) is 0. The number of nitrogens with zero attached hydrogens (tertiary/aromatic N) is 2. The topological polar surface area (TPSA) is 77.9 Å². The van der Waals surface area contributed by atoms with Crippen molar-refractivity contribution in [2.24, 2.45) is 0 Å². The Morgan fingerprint density at radius 1 is 1.42 bits per heavy atom. The quantitative estimate of drug-likeness (QED) is 0.777. The highest BCUT2D eigenvalue weighted by Crippen LogP contribution is 2.42. The number of likely N-dealkylation sites (tertiary alicyclic amines) is 1. The van der Waals surface area contributed by atoms with Crippen molar-refractivity contribution in [3.05, 3.63) is 0 Å². The minimum Gasteiger partial charge on any atom is -0.342 e. The van der Waals surface area contributed by atoms with E-state index < -0.39 is 7.37 Å². The second kappa shape index (κ2) is 7.06. The first-order valence-electron chi connectivity index (χ1n) is 6.70. The van der Waals surface area contributed by atoms with Crippen LogP contribution in [-0.4, -0.2) is 52.2 Å². The standard InChI is InChI=1S/C12H23N2O4P/c1-3-13(11(2)15)9-19(17,18)10-14-8-6-4-5-7-12(14)16/h3-10H2,1-2H3,(H,17,18). The second-order valence-electron chi connectivity index (χ2n) is 4.97. The van der Waals surface area contributed by atoms with Gasteiger partial charge < -0.3 is 14.7 Å². The highest BCUT2D eigenvalue weighted by molar-refractivity contribution is 7.57. The van der Waals surface area contributed by atoms with Gasteiger partial charge in [-0.1, -0.05) is 6.42 Å². The van der Waals surface area contributed by atoms with Crippen LogP contribution in [0.15, 0.2) is 0 Å². The number of carbonyl (C=O) groups excluding carboxylic acids is 2. The first-order chi connectivity index (χ1) is 8.85. The van der Waals surface area contributed by atoms with Crippen LogP contribution in [0.2, 0.25) is 0 Å². The summed E-state index contributed by atoms with van der Waals surface area (Å²) in [6.45, 7) is 4.07. The van der Waals surface area contributed by atoms with E-state index in [0.29, 0.717) is 19.5 Å². The Labute approximate surface area is 114 Å². The van der Waals surface area contributed by atoms with Gasteiger partial charge in [0.25, 0.3) is 0 Å². The molecule has 1 rings (SSSR count). The van der Waals surface area contributed by atoms with Crippen molar-refractivity contribution in [1.29, 1.82) is 0 Å². The van der Waals surface area contributed by atoms with E-state index >= 15 is 0 Å². The van der Waals surface area contributed by atoms with Gasteiger partial charge in [-0.25, -0.2) is 0 Å². The zero-order valence-corrected chi connectivity index (χ0v) is 12.6. The van der Waals surface area contributed by atoms with Crippen molar-refractivity contribution in [2.75, 3.05) is 25.7 Å². The third-order valence-electron chi connectivity index (χ3n) is 3.28. The zero-order chi connectivity index (χ0) is 14.5. The number of carbonyl (C=O) groups is 2. The smallest absolute Gasteiger partial charge is 0.238 e. The van der Waals surface area contributed by atoms with Crippen molar-refractivity contribution in [3.8, 4) is 0 Å². The van der Waals surface area contributed by atoms with Crippen LogP contribution in [0.5, 0.6) is 0 Å². The molecule has 6 nitrogen and oxygen atoms in total. The van der Waals surface area contributed by atoms with E-state index in [0.717, 1.165) is 19.3 Å². The first-order valence-corrected chi connectivity index (χ1v) is 8.73. The Morgan fingerprint density at radius 3 is 2.68 bits per heavy atom. The molecule has 0 spiro atoms. The van der Waals surface area contributed by atoms with Gasteiger partial charge in [-0.05, 0) is 19.8 Å². The molecular weight excluding hydrogens is 267 g/mol. The summed E-state index contributed by atoms with van der Waals surface area (Å²) in [6.07, 6.45) is 2.82. The predicted molar refractivity (Wildman–Crippen MR) is 72.8 cm³/mol. The maximum atomic E-state index is 12.2. The Hall–Kier alpha value is -0.870. The molecule has 1 heterocycles. The molecule has 1 fully saturated rings. The van der Waals surface area contributed by atoms with Gasteiger partial charge in [0.15, 0.2) is 0 Å². The lowest BCUT2D eigenvalue weighted by atomic mass is 10.2. The lowest BCUT2D eigenvalue weighted by Crippen LogP contribution is -2.35. The van der Waals surface area contributed by atoms with E-state index in [9.17, 15) is 19.0 Å². The molecule has 0 bridgehead atoms. The van der Waals surface area contributed by atoms with Crippen LogP contribution >= 0.6 is 7.37 Å². The fourth-order valence-electron chi connectivity index (χ4n) is 2.19. The number of hydrogen-bond acceptors (Lipinski definition) is 3. The molecule has 7 heteroatoms. The summed E-state index contributed by atoms with van der Waals surface area (Å²) in [5.74, 6) is -0.281. The lowest BCUT2D eigenvalue weighted by Gasteiger charge is -2.27. The van der Waals surface area contributed by atoms with E-state index in [-0.39, 0.29) is 24.4 Å². The van der Waals surface area contributed by atoms with Gasteiger partial charge in [-0.3, -0.25) is 14.2 Å². The minimum absolute atomic E-state index is 0.0577. The van der Waals surface area contributed by atoms with Gasteiger partial charge >= 0.3 is 0 Å². The molecule has 0 aliphatic carbocycles. The molecule has 1 aliphatic heterocycles. The molecule has 1 N–H and O–H groups in total. The van der Waals surface area contributed by atoms with E-state index in [1.807, 2.05) is 0 Å². The zero-order valence-electron chi connectivity index (χ0n) is 11.7. The van der Waals surface area contributed by atoms with Crippen molar-refractivity contribution >= 4 is 19.2 Å². The largest absolute Gasteiger partial charge is 0.342 e.